The third-order valence-electron chi connectivity index (χ3n) is 4.65. The first kappa shape index (κ1) is 19.0. The Morgan fingerprint density at radius 3 is 2.37 bits per heavy atom. The van der Waals surface area contributed by atoms with Crippen molar-refractivity contribution in [3.63, 3.8) is 0 Å². The molecule has 0 unspecified atom stereocenters. The van der Waals surface area contributed by atoms with Gasteiger partial charge in [-0.1, -0.05) is 18.2 Å². The van der Waals surface area contributed by atoms with Crippen molar-refractivity contribution in [1.82, 2.24) is 10.6 Å². The summed E-state index contributed by atoms with van der Waals surface area (Å²) in [6, 6.07) is 8.10. The number of hydrogen-bond acceptors (Lipinski definition) is 2. The van der Waals surface area contributed by atoms with Crippen molar-refractivity contribution in [1.29, 1.82) is 0 Å². The van der Waals surface area contributed by atoms with Crippen LogP contribution >= 0.6 is 12.2 Å². The number of hydrogen-bond donors (Lipinski definition) is 3. The minimum absolute atomic E-state index is 0.175. The lowest BCUT2D eigenvalue weighted by molar-refractivity contribution is -0.113. The molecule has 4 nitrogen and oxygen atoms in total. The van der Waals surface area contributed by atoms with E-state index in [1.807, 2.05) is 26.0 Å². The molecule has 2 aromatic carbocycles. The van der Waals surface area contributed by atoms with Gasteiger partial charge in [-0.15, -0.1) is 0 Å². The average Bonchev–Trinajstić information content (AvgIpc) is 2.58. The molecular formula is C20H19F2N3OS. The van der Waals surface area contributed by atoms with Crippen molar-refractivity contribution in [3.8, 4) is 0 Å². The van der Waals surface area contributed by atoms with E-state index < -0.39 is 23.6 Å². The van der Waals surface area contributed by atoms with E-state index in [0.717, 1.165) is 23.3 Å². The van der Waals surface area contributed by atoms with Crippen molar-refractivity contribution in [2.75, 3.05) is 5.32 Å². The predicted octanol–water partition coefficient (Wildman–Crippen LogP) is 4.01. The second-order valence-electron chi connectivity index (χ2n) is 6.41. The maximum atomic E-state index is 14.4. The number of carbonyl (C=O) groups excluding carboxylic acids is 1. The van der Waals surface area contributed by atoms with Crippen molar-refractivity contribution in [2.45, 2.75) is 26.8 Å². The van der Waals surface area contributed by atoms with Crippen LogP contribution in [0.3, 0.4) is 0 Å². The highest BCUT2D eigenvalue weighted by atomic mass is 32.1. The van der Waals surface area contributed by atoms with Crippen LogP contribution < -0.4 is 16.0 Å². The molecule has 140 valence electrons. The molecule has 0 radical (unpaired) electrons. The highest BCUT2D eigenvalue weighted by Gasteiger charge is 2.33. The van der Waals surface area contributed by atoms with Crippen LogP contribution in [0.5, 0.6) is 0 Å². The molecule has 0 aliphatic carbocycles. The summed E-state index contributed by atoms with van der Waals surface area (Å²) >= 11 is 5.12. The Hall–Kier alpha value is -2.80. The number of thiocarbonyl (C=S) groups is 1. The van der Waals surface area contributed by atoms with E-state index in [4.69, 9.17) is 12.2 Å². The van der Waals surface area contributed by atoms with Crippen molar-refractivity contribution in [2.24, 2.45) is 0 Å². The zero-order valence-corrected chi connectivity index (χ0v) is 15.9. The number of benzene rings is 2. The standard InChI is InChI=1S/C20H19F2N3OS/c1-10-6-4-9-15(11(10)2)24-19(26)16-12(3)23-20(27)25-18(16)17-13(21)7-5-8-14(17)22/h4-9,18H,1-3H3,(H,24,26)(H2,23,25,27)/t18-/m1/s1. The molecule has 0 bridgehead atoms. The van der Waals surface area contributed by atoms with E-state index in [-0.39, 0.29) is 16.2 Å². The lowest BCUT2D eigenvalue weighted by Crippen LogP contribution is -2.46. The van der Waals surface area contributed by atoms with E-state index in [2.05, 4.69) is 16.0 Å². The minimum Gasteiger partial charge on any atom is -0.351 e. The third-order valence-corrected chi connectivity index (χ3v) is 4.87. The number of halogens is 2. The Morgan fingerprint density at radius 2 is 1.70 bits per heavy atom. The van der Waals surface area contributed by atoms with Gasteiger partial charge in [0.1, 0.15) is 11.6 Å². The second-order valence-corrected chi connectivity index (χ2v) is 6.82. The molecule has 1 heterocycles. The first-order chi connectivity index (χ1) is 12.8. The summed E-state index contributed by atoms with van der Waals surface area (Å²) in [6.07, 6.45) is 0. The molecule has 0 saturated carbocycles. The molecule has 0 fully saturated rings. The number of aryl methyl sites for hydroxylation is 1. The predicted molar refractivity (Wildman–Crippen MR) is 105 cm³/mol. The van der Waals surface area contributed by atoms with Crippen LogP contribution in [0.25, 0.3) is 0 Å². The van der Waals surface area contributed by atoms with Gasteiger partial charge >= 0.3 is 0 Å². The van der Waals surface area contributed by atoms with E-state index in [1.54, 1.807) is 13.0 Å². The van der Waals surface area contributed by atoms with E-state index in [0.29, 0.717) is 11.4 Å². The summed E-state index contributed by atoms with van der Waals surface area (Å²) in [6.45, 7) is 5.48. The van der Waals surface area contributed by atoms with E-state index in [1.165, 1.54) is 6.07 Å². The van der Waals surface area contributed by atoms with Crippen molar-refractivity contribution < 1.29 is 13.6 Å². The SMILES string of the molecule is CC1=C(C(=O)Nc2cccc(C)c2C)[C@H](c2c(F)cccc2F)NC(=S)N1. The monoisotopic (exact) mass is 387 g/mol. The molecule has 3 rings (SSSR count). The molecule has 3 N–H and O–H groups in total. The maximum Gasteiger partial charge on any atom is 0.255 e. The zero-order chi connectivity index (χ0) is 19.7. The number of carbonyl (C=O) groups is 1. The fraction of sp³-hybridized carbons (Fsp3) is 0.200. The van der Waals surface area contributed by atoms with Gasteiger partial charge < -0.3 is 16.0 Å². The lowest BCUT2D eigenvalue weighted by atomic mass is 9.94. The summed E-state index contributed by atoms with van der Waals surface area (Å²) < 4.78 is 28.7. The van der Waals surface area contributed by atoms with Crippen LogP contribution in [-0.4, -0.2) is 11.0 Å². The molecule has 0 saturated heterocycles. The Kier molecular flexibility index (Phi) is 5.23. The first-order valence-corrected chi connectivity index (χ1v) is 8.80. The van der Waals surface area contributed by atoms with E-state index >= 15 is 0 Å². The molecule has 0 spiro atoms. The normalized spacial score (nSPS) is 16.6. The van der Waals surface area contributed by atoms with Crippen LogP contribution in [0, 0.1) is 25.5 Å². The first-order valence-electron chi connectivity index (χ1n) is 8.39. The van der Waals surface area contributed by atoms with Gasteiger partial charge in [0.25, 0.3) is 5.91 Å². The molecule has 0 aromatic heterocycles. The van der Waals surface area contributed by atoms with Crippen LogP contribution in [-0.2, 0) is 4.79 Å². The summed E-state index contributed by atoms with van der Waals surface area (Å²) in [5.74, 6) is -1.96. The Balaban J connectivity index is 2.04. The van der Waals surface area contributed by atoms with Crippen LogP contribution in [0.15, 0.2) is 47.7 Å². The smallest absolute Gasteiger partial charge is 0.255 e. The van der Waals surface area contributed by atoms with Gasteiger partial charge in [-0.05, 0) is 62.3 Å². The number of allylic oxidation sites excluding steroid dienone is 1. The molecule has 2 aromatic rings. The van der Waals surface area contributed by atoms with Crippen LogP contribution in [0.1, 0.15) is 29.7 Å². The van der Waals surface area contributed by atoms with Gasteiger partial charge in [-0.3, -0.25) is 4.79 Å². The van der Waals surface area contributed by atoms with Gasteiger partial charge in [0.05, 0.1) is 17.2 Å². The van der Waals surface area contributed by atoms with Gasteiger partial charge in [0, 0.05) is 11.4 Å². The highest BCUT2D eigenvalue weighted by Crippen LogP contribution is 2.31. The van der Waals surface area contributed by atoms with Crippen molar-refractivity contribution in [3.05, 3.63) is 76.0 Å². The summed E-state index contributed by atoms with van der Waals surface area (Å²) in [5, 5.41) is 8.70. The van der Waals surface area contributed by atoms with Gasteiger partial charge in [-0.25, -0.2) is 8.78 Å². The van der Waals surface area contributed by atoms with Gasteiger partial charge in [0.15, 0.2) is 5.11 Å². The number of rotatable bonds is 3. The molecule has 1 atom stereocenters. The molecule has 7 heteroatoms. The summed E-state index contributed by atoms with van der Waals surface area (Å²) in [5.41, 5.74) is 2.96. The fourth-order valence-electron chi connectivity index (χ4n) is 3.07. The van der Waals surface area contributed by atoms with Gasteiger partial charge in [0.2, 0.25) is 0 Å². The van der Waals surface area contributed by atoms with Crippen LogP contribution in [0.2, 0.25) is 0 Å². The number of nitrogens with one attached hydrogen (secondary N) is 3. The minimum atomic E-state index is -1.04. The maximum absolute atomic E-state index is 14.4. The highest BCUT2D eigenvalue weighted by molar-refractivity contribution is 7.80. The zero-order valence-electron chi connectivity index (χ0n) is 15.1. The second kappa shape index (κ2) is 7.44. The molecule has 1 aliphatic heterocycles. The van der Waals surface area contributed by atoms with Crippen molar-refractivity contribution >= 4 is 28.9 Å². The molecule has 1 aliphatic rings. The Bertz CT molecular complexity index is 951. The topological polar surface area (TPSA) is 53.2 Å². The van der Waals surface area contributed by atoms with E-state index in [9.17, 15) is 13.6 Å². The lowest BCUT2D eigenvalue weighted by Gasteiger charge is -2.30. The largest absolute Gasteiger partial charge is 0.351 e. The molecular weight excluding hydrogens is 368 g/mol. The molecule has 1 amide bonds. The fourth-order valence-corrected chi connectivity index (χ4v) is 3.34. The summed E-state index contributed by atoms with van der Waals surface area (Å²) in [4.78, 5) is 13.0. The molecule has 27 heavy (non-hydrogen) atoms. The Morgan fingerprint density at radius 1 is 1.07 bits per heavy atom. The number of anilines is 1. The third kappa shape index (κ3) is 3.68. The Labute approximate surface area is 161 Å². The average molecular weight is 387 g/mol. The van der Waals surface area contributed by atoms with Gasteiger partial charge in [-0.2, -0.15) is 0 Å². The summed E-state index contributed by atoms with van der Waals surface area (Å²) in [7, 11) is 0. The van der Waals surface area contributed by atoms with Crippen LogP contribution in [0.4, 0.5) is 14.5 Å². The quantitative estimate of drug-likeness (QED) is 0.697. The number of amides is 1.